The summed E-state index contributed by atoms with van der Waals surface area (Å²) in [6.45, 7) is 2.29. The summed E-state index contributed by atoms with van der Waals surface area (Å²) in [4.78, 5) is 22.7. The summed E-state index contributed by atoms with van der Waals surface area (Å²) in [6.07, 6.45) is -0.0781. The second kappa shape index (κ2) is 5.48. The van der Waals surface area contributed by atoms with Crippen LogP contribution in [0, 0.1) is 5.92 Å². The molecule has 5 nitrogen and oxygen atoms in total. The highest BCUT2D eigenvalue weighted by Crippen LogP contribution is 2.38. The Morgan fingerprint density at radius 2 is 2.05 bits per heavy atom. The van der Waals surface area contributed by atoms with Crippen molar-refractivity contribution in [1.82, 2.24) is 0 Å². The van der Waals surface area contributed by atoms with Crippen molar-refractivity contribution >= 4 is 23.4 Å². The zero-order chi connectivity index (χ0) is 14.0. The quantitative estimate of drug-likeness (QED) is 0.860. The molecule has 0 saturated carbocycles. The van der Waals surface area contributed by atoms with Crippen molar-refractivity contribution in [2.24, 2.45) is 5.92 Å². The van der Waals surface area contributed by atoms with E-state index < -0.39 is 11.9 Å². The van der Waals surface area contributed by atoms with Gasteiger partial charge in [0, 0.05) is 12.0 Å². The summed E-state index contributed by atoms with van der Waals surface area (Å²) in [6, 6.07) is 3.02. The number of hydrogen-bond donors (Lipinski definition) is 1. The Balaban J connectivity index is 2.23. The maximum absolute atomic E-state index is 12.0. The number of benzene rings is 1. The van der Waals surface area contributed by atoms with Gasteiger partial charge in [0.15, 0.2) is 17.3 Å². The first-order valence-corrected chi connectivity index (χ1v) is 6.22. The first-order chi connectivity index (χ1) is 8.99. The summed E-state index contributed by atoms with van der Waals surface area (Å²) < 4.78 is 10.7. The topological polar surface area (TPSA) is 72.8 Å². The predicted molar refractivity (Wildman–Crippen MR) is 68.2 cm³/mol. The number of Topliss-reactive ketones (excluding diaryl/α,β-unsaturated/α-hetero) is 1. The Bertz CT molecular complexity index is 526. The molecule has 1 aromatic carbocycles. The van der Waals surface area contributed by atoms with Crippen molar-refractivity contribution in [3.8, 4) is 11.5 Å². The van der Waals surface area contributed by atoms with E-state index in [9.17, 15) is 9.59 Å². The molecule has 102 valence electrons. The molecule has 1 aliphatic heterocycles. The van der Waals surface area contributed by atoms with Crippen LogP contribution in [-0.2, 0) is 4.79 Å². The standard InChI is InChI=1S/C13H13ClO5/c1-7(13(16)17)4-10(15)8-5-9(14)12-11(6-8)18-2-3-19-12/h5-7H,2-4H2,1H3,(H,16,17). The number of ketones is 1. The second-order valence-corrected chi connectivity index (χ2v) is 4.76. The number of carbonyl (C=O) groups is 2. The predicted octanol–water partition coefficient (Wildman–Crippen LogP) is 2.40. The van der Waals surface area contributed by atoms with Gasteiger partial charge in [-0.25, -0.2) is 0 Å². The molecule has 0 aliphatic carbocycles. The number of halogens is 1. The van der Waals surface area contributed by atoms with E-state index in [1.807, 2.05) is 0 Å². The second-order valence-electron chi connectivity index (χ2n) is 4.35. The number of aliphatic carboxylic acids is 1. The van der Waals surface area contributed by atoms with Crippen molar-refractivity contribution in [3.05, 3.63) is 22.7 Å². The van der Waals surface area contributed by atoms with Gasteiger partial charge in [0.05, 0.1) is 10.9 Å². The fourth-order valence-electron chi connectivity index (χ4n) is 1.76. The van der Waals surface area contributed by atoms with Crippen LogP contribution in [0.1, 0.15) is 23.7 Å². The number of ether oxygens (including phenoxy) is 2. The maximum Gasteiger partial charge on any atom is 0.306 e. The van der Waals surface area contributed by atoms with Gasteiger partial charge in [-0.05, 0) is 12.1 Å². The van der Waals surface area contributed by atoms with Gasteiger partial charge in [-0.15, -0.1) is 0 Å². The lowest BCUT2D eigenvalue weighted by Gasteiger charge is -2.20. The highest BCUT2D eigenvalue weighted by Gasteiger charge is 2.22. The summed E-state index contributed by atoms with van der Waals surface area (Å²) in [5.74, 6) is -1.17. The summed E-state index contributed by atoms with van der Waals surface area (Å²) in [7, 11) is 0. The van der Waals surface area contributed by atoms with E-state index in [-0.39, 0.29) is 12.2 Å². The molecule has 1 aliphatic rings. The minimum absolute atomic E-state index is 0.0781. The summed E-state index contributed by atoms with van der Waals surface area (Å²) in [5.41, 5.74) is 0.336. The van der Waals surface area contributed by atoms with E-state index in [0.29, 0.717) is 35.3 Å². The average molecular weight is 285 g/mol. The molecule has 1 atom stereocenters. The number of fused-ring (bicyclic) bond motifs is 1. The normalized spacial score (nSPS) is 14.8. The Morgan fingerprint density at radius 3 is 2.74 bits per heavy atom. The van der Waals surface area contributed by atoms with Gasteiger partial charge in [0.2, 0.25) is 0 Å². The lowest BCUT2D eigenvalue weighted by molar-refractivity contribution is -0.141. The van der Waals surface area contributed by atoms with Gasteiger partial charge >= 0.3 is 5.97 Å². The van der Waals surface area contributed by atoms with E-state index >= 15 is 0 Å². The van der Waals surface area contributed by atoms with Crippen molar-refractivity contribution < 1.29 is 24.2 Å². The smallest absolute Gasteiger partial charge is 0.306 e. The van der Waals surface area contributed by atoms with Crippen molar-refractivity contribution in [1.29, 1.82) is 0 Å². The molecule has 1 aromatic rings. The van der Waals surface area contributed by atoms with E-state index in [1.54, 1.807) is 0 Å². The molecule has 0 amide bonds. The first-order valence-electron chi connectivity index (χ1n) is 5.84. The maximum atomic E-state index is 12.0. The first kappa shape index (κ1) is 13.7. The lowest BCUT2D eigenvalue weighted by Crippen LogP contribution is -2.17. The largest absolute Gasteiger partial charge is 0.486 e. The zero-order valence-corrected chi connectivity index (χ0v) is 11.1. The third kappa shape index (κ3) is 2.98. The molecular weight excluding hydrogens is 272 g/mol. The fourth-order valence-corrected chi connectivity index (χ4v) is 2.02. The monoisotopic (exact) mass is 284 g/mol. The molecular formula is C13H13ClO5. The van der Waals surface area contributed by atoms with Crippen LogP contribution in [0.25, 0.3) is 0 Å². The Kier molecular flexibility index (Phi) is 3.95. The molecule has 1 N–H and O–H groups in total. The Morgan fingerprint density at radius 1 is 1.37 bits per heavy atom. The molecule has 19 heavy (non-hydrogen) atoms. The van der Waals surface area contributed by atoms with E-state index in [0.717, 1.165) is 0 Å². The fraction of sp³-hybridized carbons (Fsp3) is 0.385. The molecule has 6 heteroatoms. The summed E-state index contributed by atoms with van der Waals surface area (Å²) >= 11 is 6.02. The molecule has 2 rings (SSSR count). The van der Waals surface area contributed by atoms with Crippen LogP contribution in [0.3, 0.4) is 0 Å². The highest BCUT2D eigenvalue weighted by molar-refractivity contribution is 6.32. The average Bonchev–Trinajstić information content (AvgIpc) is 2.38. The van der Waals surface area contributed by atoms with E-state index in [1.165, 1.54) is 19.1 Å². The van der Waals surface area contributed by atoms with E-state index in [2.05, 4.69) is 0 Å². The molecule has 0 aromatic heterocycles. The molecule has 0 spiro atoms. The Hall–Kier alpha value is -1.75. The van der Waals surface area contributed by atoms with Crippen LogP contribution in [0.4, 0.5) is 0 Å². The van der Waals surface area contributed by atoms with Crippen molar-refractivity contribution in [2.45, 2.75) is 13.3 Å². The SMILES string of the molecule is CC(CC(=O)c1cc(Cl)c2c(c1)OCCO2)C(=O)O. The van der Waals surface area contributed by atoms with Crippen LogP contribution in [0.15, 0.2) is 12.1 Å². The third-order valence-corrected chi connectivity index (χ3v) is 3.11. The highest BCUT2D eigenvalue weighted by atomic mass is 35.5. The minimum atomic E-state index is -1.00. The van der Waals surface area contributed by atoms with Crippen molar-refractivity contribution in [3.63, 3.8) is 0 Å². The van der Waals surface area contributed by atoms with Gasteiger partial charge in [0.1, 0.15) is 13.2 Å². The number of rotatable bonds is 4. The molecule has 1 heterocycles. The van der Waals surface area contributed by atoms with Gasteiger partial charge < -0.3 is 14.6 Å². The number of carbonyl (C=O) groups excluding carboxylic acids is 1. The van der Waals surface area contributed by atoms with Gasteiger partial charge in [-0.1, -0.05) is 18.5 Å². The molecule has 0 saturated heterocycles. The number of hydrogen-bond acceptors (Lipinski definition) is 4. The zero-order valence-electron chi connectivity index (χ0n) is 10.3. The third-order valence-electron chi connectivity index (χ3n) is 2.83. The van der Waals surface area contributed by atoms with Gasteiger partial charge in [-0.3, -0.25) is 9.59 Å². The van der Waals surface area contributed by atoms with Crippen LogP contribution in [-0.4, -0.2) is 30.1 Å². The van der Waals surface area contributed by atoms with Gasteiger partial charge in [-0.2, -0.15) is 0 Å². The number of carboxylic acid groups (broad SMARTS) is 1. The molecule has 0 bridgehead atoms. The summed E-state index contributed by atoms with van der Waals surface area (Å²) in [5, 5.41) is 9.10. The van der Waals surface area contributed by atoms with E-state index in [4.69, 9.17) is 26.2 Å². The minimum Gasteiger partial charge on any atom is -0.486 e. The van der Waals surface area contributed by atoms with Crippen LogP contribution >= 0.6 is 11.6 Å². The molecule has 0 radical (unpaired) electrons. The Labute approximate surface area is 115 Å². The molecule has 1 unspecified atom stereocenters. The van der Waals surface area contributed by atoms with Crippen LogP contribution in [0.2, 0.25) is 5.02 Å². The molecule has 0 fully saturated rings. The van der Waals surface area contributed by atoms with Crippen LogP contribution < -0.4 is 9.47 Å². The van der Waals surface area contributed by atoms with Crippen LogP contribution in [0.5, 0.6) is 11.5 Å². The van der Waals surface area contributed by atoms with Gasteiger partial charge in [0.25, 0.3) is 0 Å². The van der Waals surface area contributed by atoms with Crippen molar-refractivity contribution in [2.75, 3.05) is 13.2 Å². The number of carboxylic acids is 1. The lowest BCUT2D eigenvalue weighted by atomic mass is 9.99.